The first-order chi connectivity index (χ1) is 19.7. The molecule has 4 aromatic rings. The smallest absolute Gasteiger partial charge is 0.186 e. The van der Waals surface area contributed by atoms with Gasteiger partial charge in [0.2, 0.25) is 0 Å². The molecule has 0 radical (unpaired) electrons. The van der Waals surface area contributed by atoms with Crippen LogP contribution in [0.25, 0.3) is 0 Å². The molecule has 0 fully saturated rings. The Morgan fingerprint density at radius 3 is 1.85 bits per heavy atom. The van der Waals surface area contributed by atoms with Crippen LogP contribution in [0, 0.1) is 0 Å². The van der Waals surface area contributed by atoms with Crippen LogP contribution in [0.5, 0.6) is 23.0 Å². The van der Waals surface area contributed by atoms with E-state index in [9.17, 15) is 0 Å². The van der Waals surface area contributed by atoms with E-state index < -0.39 is 0 Å². The molecule has 8 nitrogen and oxygen atoms in total. The van der Waals surface area contributed by atoms with E-state index in [4.69, 9.17) is 33.4 Å². The number of rotatable bonds is 17. The monoisotopic (exact) mass is 564 g/mol. The fourth-order valence-corrected chi connectivity index (χ4v) is 4.80. The molecule has 0 saturated heterocycles. The Morgan fingerprint density at radius 1 is 0.650 bits per heavy atom. The third kappa shape index (κ3) is 9.15. The molecule has 1 aromatic heterocycles. The lowest BCUT2D eigenvalue weighted by Gasteiger charge is -2.22. The maximum atomic E-state index is 5.82. The van der Waals surface area contributed by atoms with Gasteiger partial charge in [-0.15, -0.1) is 11.3 Å². The van der Waals surface area contributed by atoms with Crippen molar-refractivity contribution in [2.24, 2.45) is 0 Å². The number of benzene rings is 3. The molecule has 0 aliphatic carbocycles. The number of ether oxygens (including phenoxy) is 6. The Morgan fingerprint density at radius 2 is 1.20 bits per heavy atom. The second kappa shape index (κ2) is 15.7. The molecule has 40 heavy (non-hydrogen) atoms. The van der Waals surface area contributed by atoms with Gasteiger partial charge in [0.15, 0.2) is 5.13 Å². The van der Waals surface area contributed by atoms with Crippen molar-refractivity contribution in [3.63, 3.8) is 0 Å². The van der Waals surface area contributed by atoms with Crippen molar-refractivity contribution >= 4 is 16.5 Å². The molecule has 9 heteroatoms. The van der Waals surface area contributed by atoms with Gasteiger partial charge in [0.05, 0.1) is 53.5 Å². The summed E-state index contributed by atoms with van der Waals surface area (Å²) in [5, 5.41) is 2.97. The summed E-state index contributed by atoms with van der Waals surface area (Å²) in [6, 6.07) is 23.7. The lowest BCUT2D eigenvalue weighted by molar-refractivity contribution is 0.0296. The van der Waals surface area contributed by atoms with Gasteiger partial charge in [-0.2, -0.15) is 0 Å². The van der Waals surface area contributed by atoms with Crippen LogP contribution in [0.1, 0.15) is 16.8 Å². The van der Waals surface area contributed by atoms with Crippen molar-refractivity contribution in [2.45, 2.75) is 19.7 Å². The van der Waals surface area contributed by atoms with Crippen LogP contribution in [0.3, 0.4) is 0 Å². The van der Waals surface area contributed by atoms with Crippen LogP contribution < -0.4 is 23.8 Å². The summed E-state index contributed by atoms with van der Waals surface area (Å²) in [4.78, 5) is 7.12. The minimum Gasteiger partial charge on any atom is -0.497 e. The average Bonchev–Trinajstić information content (AvgIpc) is 3.47. The number of hydrogen-bond acceptors (Lipinski definition) is 9. The first-order valence-electron chi connectivity index (χ1n) is 13.0. The van der Waals surface area contributed by atoms with Crippen molar-refractivity contribution in [1.29, 1.82) is 0 Å². The van der Waals surface area contributed by atoms with E-state index >= 15 is 0 Å². The molecule has 0 aliphatic heterocycles. The number of anilines is 1. The minimum absolute atomic E-state index is 0.423. The molecular weight excluding hydrogens is 528 g/mol. The van der Waals surface area contributed by atoms with Gasteiger partial charge >= 0.3 is 0 Å². The van der Waals surface area contributed by atoms with Gasteiger partial charge in [0.25, 0.3) is 0 Å². The van der Waals surface area contributed by atoms with E-state index in [1.807, 2.05) is 53.9 Å². The van der Waals surface area contributed by atoms with E-state index in [1.54, 1.807) is 32.7 Å². The number of methoxy groups -OCH3 is 3. The second-order valence-corrected chi connectivity index (χ2v) is 9.71. The molecule has 0 unspecified atom stereocenters. The van der Waals surface area contributed by atoms with E-state index in [2.05, 4.69) is 29.2 Å². The van der Waals surface area contributed by atoms with Gasteiger partial charge in [-0.3, -0.25) is 0 Å². The van der Waals surface area contributed by atoms with Crippen molar-refractivity contribution in [3.05, 3.63) is 95.0 Å². The Hall–Kier alpha value is -3.79. The van der Waals surface area contributed by atoms with Crippen molar-refractivity contribution in [2.75, 3.05) is 52.7 Å². The Balaban J connectivity index is 1.26. The van der Waals surface area contributed by atoms with E-state index in [1.165, 1.54) is 0 Å². The Bertz CT molecular complexity index is 1260. The molecular formula is C31H36N2O6S. The largest absolute Gasteiger partial charge is 0.497 e. The SMILES string of the molecule is COc1cccc(CN(Cc2cccc(OC)c2)c2nc(COCCOCCOc3cccc(OC)c3)cs2)c1. The second-order valence-electron chi connectivity index (χ2n) is 8.87. The lowest BCUT2D eigenvalue weighted by Crippen LogP contribution is -2.22. The lowest BCUT2D eigenvalue weighted by atomic mass is 10.1. The molecule has 0 bridgehead atoms. The van der Waals surface area contributed by atoms with E-state index in [0.29, 0.717) is 46.1 Å². The summed E-state index contributed by atoms with van der Waals surface area (Å²) in [6.07, 6.45) is 0. The number of thiazole rings is 1. The molecule has 0 aliphatic rings. The van der Waals surface area contributed by atoms with Gasteiger partial charge in [0.1, 0.15) is 29.6 Å². The predicted molar refractivity (Wildman–Crippen MR) is 157 cm³/mol. The first-order valence-corrected chi connectivity index (χ1v) is 13.9. The minimum atomic E-state index is 0.423. The standard InChI is InChI=1S/C31H36N2O6S/c1-34-27-9-4-7-24(17-27)20-33(21-25-8-5-10-28(18-25)35-2)31-32-26(23-40-31)22-38-14-13-37-15-16-39-30-12-6-11-29(19-30)36-3/h4-12,17-19,23H,13-16,20-22H2,1-3H3. The third-order valence-electron chi connectivity index (χ3n) is 5.98. The van der Waals surface area contributed by atoms with Crippen LogP contribution >= 0.6 is 11.3 Å². The molecule has 3 aromatic carbocycles. The van der Waals surface area contributed by atoms with Crippen molar-refractivity contribution in [3.8, 4) is 23.0 Å². The summed E-state index contributed by atoms with van der Waals surface area (Å²) in [5.41, 5.74) is 3.17. The summed E-state index contributed by atoms with van der Waals surface area (Å²) in [5.74, 6) is 3.19. The van der Waals surface area contributed by atoms with Crippen molar-refractivity contribution in [1.82, 2.24) is 4.98 Å². The molecule has 0 saturated carbocycles. The maximum Gasteiger partial charge on any atom is 0.186 e. The average molecular weight is 565 g/mol. The van der Waals surface area contributed by atoms with E-state index in [0.717, 1.165) is 45.0 Å². The zero-order valence-corrected chi connectivity index (χ0v) is 24.0. The van der Waals surface area contributed by atoms with Crippen LogP contribution in [0.2, 0.25) is 0 Å². The molecule has 212 valence electrons. The quantitative estimate of drug-likeness (QED) is 0.145. The highest BCUT2D eigenvalue weighted by atomic mass is 32.1. The molecule has 0 spiro atoms. The number of hydrogen-bond donors (Lipinski definition) is 0. The first kappa shape index (κ1) is 29.2. The topological polar surface area (TPSA) is 71.5 Å². The molecule has 1 heterocycles. The predicted octanol–water partition coefficient (Wildman–Crippen LogP) is 5.99. The van der Waals surface area contributed by atoms with Gasteiger partial charge < -0.3 is 33.3 Å². The highest BCUT2D eigenvalue weighted by Crippen LogP contribution is 2.27. The molecule has 0 atom stereocenters. The number of aromatic nitrogens is 1. The maximum absolute atomic E-state index is 5.82. The molecule has 0 N–H and O–H groups in total. The third-order valence-corrected chi connectivity index (χ3v) is 6.94. The normalized spacial score (nSPS) is 10.8. The zero-order valence-electron chi connectivity index (χ0n) is 23.2. The highest BCUT2D eigenvalue weighted by molar-refractivity contribution is 7.13. The van der Waals surface area contributed by atoms with E-state index in [-0.39, 0.29) is 0 Å². The fraction of sp³-hybridized carbons (Fsp3) is 0.323. The fourth-order valence-electron chi connectivity index (χ4n) is 3.99. The van der Waals surface area contributed by atoms with Gasteiger partial charge in [-0.05, 0) is 47.5 Å². The molecule has 4 rings (SSSR count). The Kier molecular flexibility index (Phi) is 11.5. The summed E-state index contributed by atoms with van der Waals surface area (Å²) in [7, 11) is 5.00. The van der Waals surface area contributed by atoms with Crippen LogP contribution in [-0.4, -0.2) is 52.7 Å². The summed E-state index contributed by atoms with van der Waals surface area (Å²) < 4.78 is 33.2. The summed E-state index contributed by atoms with van der Waals surface area (Å²) >= 11 is 1.61. The zero-order chi connectivity index (χ0) is 28.0. The number of nitrogens with zero attached hydrogens (tertiary/aromatic N) is 2. The van der Waals surface area contributed by atoms with Crippen LogP contribution in [0.4, 0.5) is 5.13 Å². The van der Waals surface area contributed by atoms with Crippen LogP contribution in [-0.2, 0) is 29.2 Å². The highest BCUT2D eigenvalue weighted by Gasteiger charge is 2.14. The van der Waals surface area contributed by atoms with Crippen molar-refractivity contribution < 1.29 is 28.4 Å². The summed E-state index contributed by atoms with van der Waals surface area (Å²) in [6.45, 7) is 3.69. The van der Waals surface area contributed by atoms with Gasteiger partial charge in [-0.25, -0.2) is 4.98 Å². The van der Waals surface area contributed by atoms with Gasteiger partial charge in [0, 0.05) is 24.5 Å². The Labute approximate surface area is 240 Å². The molecule has 0 amide bonds. The van der Waals surface area contributed by atoms with Gasteiger partial charge in [-0.1, -0.05) is 30.3 Å². The van der Waals surface area contributed by atoms with Crippen LogP contribution in [0.15, 0.2) is 78.2 Å².